The predicted octanol–water partition coefficient (Wildman–Crippen LogP) is 2.46. The molecule has 0 aromatic rings. The molecule has 2 aliphatic heterocycles. The number of likely N-dealkylation sites (tertiary alicyclic amines) is 2. The van der Waals surface area contributed by atoms with E-state index in [2.05, 4.69) is 9.80 Å². The lowest BCUT2D eigenvalue weighted by molar-refractivity contribution is 0.173. The summed E-state index contributed by atoms with van der Waals surface area (Å²) in [4.78, 5) is 5.12. The standard InChI is InChI=1S/C16H33BN2O2.ClH/c1-3-9-18(10-4-1)13-7-15-20-17-21-16-8-14-19-11-5-2-6-12-19;/h17H,1-16H2;1H. The second-order valence-electron chi connectivity index (χ2n) is 6.45. The van der Waals surface area contributed by atoms with Gasteiger partial charge in [-0.1, -0.05) is 12.8 Å². The fourth-order valence-corrected chi connectivity index (χ4v) is 3.32. The summed E-state index contributed by atoms with van der Waals surface area (Å²) in [7, 11) is 0.472. The molecule has 0 amide bonds. The van der Waals surface area contributed by atoms with E-state index in [-0.39, 0.29) is 12.4 Å². The minimum atomic E-state index is 0. The van der Waals surface area contributed by atoms with Gasteiger partial charge in [-0.15, -0.1) is 12.4 Å². The maximum Gasteiger partial charge on any atom is 0.438 e. The van der Waals surface area contributed by atoms with E-state index in [4.69, 9.17) is 9.31 Å². The van der Waals surface area contributed by atoms with Crippen LogP contribution in [0, 0.1) is 0 Å². The van der Waals surface area contributed by atoms with E-state index in [9.17, 15) is 0 Å². The largest absolute Gasteiger partial charge is 0.438 e. The highest BCUT2D eigenvalue weighted by Gasteiger charge is 2.10. The Bertz CT molecular complexity index is 226. The van der Waals surface area contributed by atoms with Crippen LogP contribution in [0.2, 0.25) is 0 Å². The molecule has 4 nitrogen and oxygen atoms in total. The molecule has 2 heterocycles. The van der Waals surface area contributed by atoms with Crippen LogP contribution in [0.15, 0.2) is 0 Å². The summed E-state index contributed by atoms with van der Waals surface area (Å²) in [5.41, 5.74) is 0. The van der Waals surface area contributed by atoms with Crippen molar-refractivity contribution in [3.63, 3.8) is 0 Å². The minimum absolute atomic E-state index is 0. The molecule has 0 atom stereocenters. The van der Waals surface area contributed by atoms with Crippen LogP contribution in [0.3, 0.4) is 0 Å². The van der Waals surface area contributed by atoms with Gasteiger partial charge in [-0.3, -0.25) is 0 Å². The molecule has 0 aromatic carbocycles. The molecule has 22 heavy (non-hydrogen) atoms. The molecule has 0 radical (unpaired) electrons. The first-order chi connectivity index (χ1) is 10.4. The van der Waals surface area contributed by atoms with Gasteiger partial charge in [0, 0.05) is 26.3 Å². The number of hydrogen-bond donors (Lipinski definition) is 0. The first kappa shape index (κ1) is 20.2. The highest BCUT2D eigenvalue weighted by atomic mass is 35.5. The molecular weight excluding hydrogens is 298 g/mol. The monoisotopic (exact) mass is 332 g/mol. The number of halogens is 1. The molecule has 0 N–H and O–H groups in total. The molecule has 2 aliphatic rings. The van der Waals surface area contributed by atoms with Crippen molar-refractivity contribution in [2.75, 3.05) is 52.5 Å². The average molecular weight is 333 g/mol. The Morgan fingerprint density at radius 3 is 1.45 bits per heavy atom. The number of piperidine rings is 2. The fraction of sp³-hybridized carbons (Fsp3) is 1.00. The summed E-state index contributed by atoms with van der Waals surface area (Å²) in [6, 6.07) is 0. The smallest absolute Gasteiger partial charge is 0.414 e. The Balaban J connectivity index is 0.00000242. The zero-order chi connectivity index (χ0) is 14.6. The zero-order valence-electron chi connectivity index (χ0n) is 14.1. The van der Waals surface area contributed by atoms with Crippen LogP contribution >= 0.6 is 12.4 Å². The quantitative estimate of drug-likeness (QED) is 0.453. The molecule has 2 fully saturated rings. The summed E-state index contributed by atoms with van der Waals surface area (Å²) in [5, 5.41) is 0. The molecule has 0 unspecified atom stereocenters. The number of hydrogen-bond acceptors (Lipinski definition) is 4. The van der Waals surface area contributed by atoms with Gasteiger partial charge in [-0.25, -0.2) is 0 Å². The fourth-order valence-electron chi connectivity index (χ4n) is 3.32. The van der Waals surface area contributed by atoms with Crippen LogP contribution in [0.5, 0.6) is 0 Å². The van der Waals surface area contributed by atoms with Gasteiger partial charge in [-0.2, -0.15) is 0 Å². The van der Waals surface area contributed by atoms with Crippen molar-refractivity contribution < 1.29 is 9.31 Å². The Kier molecular flexibility index (Phi) is 12.5. The van der Waals surface area contributed by atoms with Crippen molar-refractivity contribution in [1.82, 2.24) is 9.80 Å². The van der Waals surface area contributed by atoms with E-state index in [1.54, 1.807) is 0 Å². The second kappa shape index (κ2) is 13.6. The van der Waals surface area contributed by atoms with Crippen molar-refractivity contribution in [1.29, 1.82) is 0 Å². The van der Waals surface area contributed by atoms with Gasteiger partial charge < -0.3 is 19.1 Å². The molecule has 6 heteroatoms. The molecule has 130 valence electrons. The van der Waals surface area contributed by atoms with Gasteiger partial charge in [0.1, 0.15) is 0 Å². The van der Waals surface area contributed by atoms with E-state index in [1.165, 1.54) is 77.8 Å². The molecule has 2 rings (SSSR count). The van der Waals surface area contributed by atoms with E-state index in [0.717, 1.165) is 26.1 Å². The Morgan fingerprint density at radius 2 is 1.05 bits per heavy atom. The Morgan fingerprint density at radius 1 is 0.636 bits per heavy atom. The summed E-state index contributed by atoms with van der Waals surface area (Å²) in [6.07, 6.45) is 10.6. The number of rotatable bonds is 10. The third-order valence-electron chi connectivity index (χ3n) is 4.59. The Labute approximate surface area is 143 Å². The van der Waals surface area contributed by atoms with Crippen molar-refractivity contribution in [3.8, 4) is 0 Å². The lowest BCUT2D eigenvalue weighted by Gasteiger charge is -2.26. The minimum Gasteiger partial charge on any atom is -0.414 e. The molecular formula is C16H34BClN2O2. The summed E-state index contributed by atoms with van der Waals surface area (Å²) < 4.78 is 11.1. The first-order valence-electron chi connectivity index (χ1n) is 9.05. The van der Waals surface area contributed by atoms with Crippen molar-refractivity contribution >= 4 is 20.1 Å². The predicted molar refractivity (Wildman–Crippen MR) is 96.1 cm³/mol. The molecule has 0 aromatic heterocycles. The first-order valence-corrected chi connectivity index (χ1v) is 9.05. The van der Waals surface area contributed by atoms with E-state index in [0.29, 0.717) is 7.69 Å². The third-order valence-corrected chi connectivity index (χ3v) is 4.59. The van der Waals surface area contributed by atoms with Crippen LogP contribution in [0.4, 0.5) is 0 Å². The van der Waals surface area contributed by atoms with Gasteiger partial charge in [0.25, 0.3) is 0 Å². The zero-order valence-corrected chi connectivity index (χ0v) is 15.0. The van der Waals surface area contributed by atoms with E-state index >= 15 is 0 Å². The maximum atomic E-state index is 5.55. The van der Waals surface area contributed by atoms with Gasteiger partial charge in [0.05, 0.1) is 0 Å². The third kappa shape index (κ3) is 9.36. The van der Waals surface area contributed by atoms with Crippen LogP contribution in [-0.4, -0.2) is 70.0 Å². The molecule has 0 aliphatic carbocycles. The van der Waals surface area contributed by atoms with Gasteiger partial charge in [-0.05, 0) is 64.7 Å². The lowest BCUT2D eigenvalue weighted by atomic mass is 10.1. The topological polar surface area (TPSA) is 24.9 Å². The summed E-state index contributed by atoms with van der Waals surface area (Å²) in [5.74, 6) is 0. The number of nitrogens with zero attached hydrogens (tertiary/aromatic N) is 2. The second-order valence-corrected chi connectivity index (χ2v) is 6.45. The van der Waals surface area contributed by atoms with Crippen molar-refractivity contribution in [2.24, 2.45) is 0 Å². The average Bonchev–Trinajstić information content (AvgIpc) is 2.55. The van der Waals surface area contributed by atoms with E-state index < -0.39 is 0 Å². The Hall–Kier alpha value is 0.195. The van der Waals surface area contributed by atoms with Crippen molar-refractivity contribution in [2.45, 2.75) is 51.4 Å². The normalized spacial score (nSPS) is 20.5. The molecule has 0 spiro atoms. The van der Waals surface area contributed by atoms with E-state index in [1.807, 2.05) is 0 Å². The lowest BCUT2D eigenvalue weighted by Crippen LogP contribution is -2.31. The highest BCUT2D eigenvalue weighted by Crippen LogP contribution is 2.09. The van der Waals surface area contributed by atoms with Crippen LogP contribution in [0.1, 0.15) is 51.4 Å². The SMILES string of the molecule is B(OCCCN1CCCCC1)OCCCN1CCCCC1.Cl. The summed E-state index contributed by atoms with van der Waals surface area (Å²) >= 11 is 0. The van der Waals surface area contributed by atoms with Gasteiger partial charge in [0.15, 0.2) is 0 Å². The maximum absolute atomic E-state index is 5.55. The highest BCUT2D eigenvalue weighted by molar-refractivity contribution is 6.17. The van der Waals surface area contributed by atoms with Crippen LogP contribution in [0.25, 0.3) is 0 Å². The van der Waals surface area contributed by atoms with Crippen molar-refractivity contribution in [3.05, 3.63) is 0 Å². The molecule has 0 bridgehead atoms. The van der Waals surface area contributed by atoms with Gasteiger partial charge in [0.2, 0.25) is 0 Å². The van der Waals surface area contributed by atoms with Gasteiger partial charge >= 0.3 is 7.69 Å². The van der Waals surface area contributed by atoms with Crippen LogP contribution in [-0.2, 0) is 9.31 Å². The summed E-state index contributed by atoms with van der Waals surface area (Å²) in [6.45, 7) is 9.19. The van der Waals surface area contributed by atoms with Crippen LogP contribution < -0.4 is 0 Å². The molecule has 0 saturated carbocycles. The molecule has 2 saturated heterocycles.